The van der Waals surface area contributed by atoms with Gasteiger partial charge < -0.3 is 5.73 Å². The Morgan fingerprint density at radius 1 is 1.16 bits per heavy atom. The zero-order valence-electron chi connectivity index (χ0n) is 10.2. The van der Waals surface area contributed by atoms with Crippen LogP contribution in [0.25, 0.3) is 10.8 Å². The summed E-state index contributed by atoms with van der Waals surface area (Å²) >= 11 is 5.98. The monoisotopic (exact) mass is 269 g/mol. The number of fused-ring (bicyclic) bond motifs is 1. The summed E-state index contributed by atoms with van der Waals surface area (Å²) in [5.41, 5.74) is 8.01. The molecule has 0 bridgehead atoms. The molecule has 3 rings (SSSR count). The summed E-state index contributed by atoms with van der Waals surface area (Å²) in [5.74, 6) is 0.539. The Bertz CT molecular complexity index is 740. The van der Waals surface area contributed by atoms with E-state index in [4.69, 9.17) is 17.3 Å². The number of pyridine rings is 2. The predicted octanol–water partition coefficient (Wildman–Crippen LogP) is 3.46. The maximum atomic E-state index is 5.98. The highest BCUT2D eigenvalue weighted by Gasteiger charge is 2.04. The number of nitrogen functional groups attached to an aromatic ring is 1. The minimum absolute atomic E-state index is 0.539. The summed E-state index contributed by atoms with van der Waals surface area (Å²) in [7, 11) is 0. The summed E-state index contributed by atoms with van der Waals surface area (Å²) in [6.07, 6.45) is 4.22. The van der Waals surface area contributed by atoms with Gasteiger partial charge >= 0.3 is 0 Å². The van der Waals surface area contributed by atoms with Gasteiger partial charge in [-0.15, -0.1) is 0 Å². The largest absolute Gasteiger partial charge is 0.383 e. The van der Waals surface area contributed by atoms with E-state index >= 15 is 0 Å². The first kappa shape index (κ1) is 11.9. The summed E-state index contributed by atoms with van der Waals surface area (Å²) in [4.78, 5) is 8.54. The molecule has 2 heterocycles. The van der Waals surface area contributed by atoms with Crippen molar-refractivity contribution in [3.63, 3.8) is 0 Å². The fourth-order valence-corrected chi connectivity index (χ4v) is 2.34. The number of benzene rings is 1. The second kappa shape index (κ2) is 4.86. The van der Waals surface area contributed by atoms with Crippen LogP contribution in [0.1, 0.15) is 11.3 Å². The average molecular weight is 270 g/mol. The van der Waals surface area contributed by atoms with Crippen molar-refractivity contribution in [2.45, 2.75) is 6.42 Å². The molecule has 0 aliphatic heterocycles. The van der Waals surface area contributed by atoms with Crippen molar-refractivity contribution < 1.29 is 0 Å². The Hall–Kier alpha value is -2.13. The van der Waals surface area contributed by atoms with Crippen LogP contribution >= 0.6 is 11.6 Å². The molecule has 0 saturated carbocycles. The van der Waals surface area contributed by atoms with Crippen LogP contribution in [0.2, 0.25) is 5.02 Å². The van der Waals surface area contributed by atoms with E-state index < -0.39 is 0 Å². The van der Waals surface area contributed by atoms with Gasteiger partial charge in [0.2, 0.25) is 0 Å². The number of hydrogen-bond donors (Lipinski definition) is 1. The van der Waals surface area contributed by atoms with Crippen LogP contribution in [0.5, 0.6) is 0 Å². The van der Waals surface area contributed by atoms with Crippen molar-refractivity contribution in [2.24, 2.45) is 0 Å². The summed E-state index contributed by atoms with van der Waals surface area (Å²) in [6, 6.07) is 11.6. The quantitative estimate of drug-likeness (QED) is 0.775. The van der Waals surface area contributed by atoms with E-state index in [0.717, 1.165) is 27.1 Å². The van der Waals surface area contributed by atoms with Gasteiger partial charge in [-0.3, -0.25) is 4.98 Å². The molecule has 0 saturated heterocycles. The number of hydrogen-bond acceptors (Lipinski definition) is 3. The number of anilines is 1. The first-order valence-electron chi connectivity index (χ1n) is 5.96. The zero-order chi connectivity index (χ0) is 13.2. The molecular formula is C15H12ClN3. The van der Waals surface area contributed by atoms with E-state index in [0.29, 0.717) is 12.2 Å². The van der Waals surface area contributed by atoms with Gasteiger partial charge in [0, 0.05) is 40.3 Å². The van der Waals surface area contributed by atoms with E-state index in [1.807, 2.05) is 36.4 Å². The molecule has 0 atom stereocenters. The fourth-order valence-electron chi connectivity index (χ4n) is 2.13. The van der Waals surface area contributed by atoms with Crippen LogP contribution in [-0.2, 0) is 6.42 Å². The highest BCUT2D eigenvalue weighted by atomic mass is 35.5. The maximum Gasteiger partial charge on any atom is 0.131 e. The molecule has 1 aromatic carbocycles. The first-order chi connectivity index (χ1) is 9.22. The number of aromatic nitrogens is 2. The van der Waals surface area contributed by atoms with Crippen molar-refractivity contribution in [1.82, 2.24) is 9.97 Å². The SMILES string of the molecule is Nc1nc(Cc2cccc(Cl)c2)cc2cnccc12. The molecule has 0 spiro atoms. The zero-order valence-corrected chi connectivity index (χ0v) is 10.9. The van der Waals surface area contributed by atoms with Crippen LogP contribution in [0, 0.1) is 0 Å². The van der Waals surface area contributed by atoms with Gasteiger partial charge in [-0.1, -0.05) is 23.7 Å². The van der Waals surface area contributed by atoms with Gasteiger partial charge in [-0.25, -0.2) is 4.98 Å². The lowest BCUT2D eigenvalue weighted by Gasteiger charge is -2.06. The van der Waals surface area contributed by atoms with E-state index in [1.165, 1.54) is 0 Å². The second-order valence-corrected chi connectivity index (χ2v) is 4.84. The Morgan fingerprint density at radius 3 is 2.89 bits per heavy atom. The third-order valence-corrected chi connectivity index (χ3v) is 3.22. The van der Waals surface area contributed by atoms with Gasteiger partial charge in [0.15, 0.2) is 0 Å². The van der Waals surface area contributed by atoms with Crippen LogP contribution in [0.15, 0.2) is 48.8 Å². The van der Waals surface area contributed by atoms with Crippen LogP contribution in [-0.4, -0.2) is 9.97 Å². The molecule has 0 aliphatic carbocycles. The second-order valence-electron chi connectivity index (χ2n) is 4.40. The molecule has 19 heavy (non-hydrogen) atoms. The van der Waals surface area contributed by atoms with Crippen molar-refractivity contribution >= 4 is 28.2 Å². The number of halogens is 1. The Morgan fingerprint density at radius 2 is 2.05 bits per heavy atom. The normalized spacial score (nSPS) is 10.8. The molecule has 3 nitrogen and oxygen atoms in total. The predicted molar refractivity (Wildman–Crippen MR) is 78.2 cm³/mol. The minimum Gasteiger partial charge on any atom is -0.383 e. The molecule has 94 valence electrons. The lowest BCUT2D eigenvalue weighted by atomic mass is 10.1. The van der Waals surface area contributed by atoms with Gasteiger partial charge in [-0.05, 0) is 29.8 Å². The lowest BCUT2D eigenvalue weighted by Crippen LogP contribution is -1.98. The minimum atomic E-state index is 0.539. The fraction of sp³-hybridized carbons (Fsp3) is 0.0667. The van der Waals surface area contributed by atoms with Crippen LogP contribution in [0.3, 0.4) is 0 Å². The molecule has 3 aromatic rings. The highest BCUT2D eigenvalue weighted by Crippen LogP contribution is 2.21. The molecule has 2 aromatic heterocycles. The molecule has 0 fully saturated rings. The van der Waals surface area contributed by atoms with Crippen molar-refractivity contribution in [1.29, 1.82) is 0 Å². The molecule has 0 amide bonds. The van der Waals surface area contributed by atoms with Crippen LogP contribution < -0.4 is 5.73 Å². The standard InChI is InChI=1S/C15H12ClN3/c16-12-3-1-2-10(6-12)7-13-8-11-9-18-5-4-14(11)15(17)19-13/h1-6,8-9H,7H2,(H2,17,19). The maximum absolute atomic E-state index is 5.98. The smallest absolute Gasteiger partial charge is 0.131 e. The molecule has 4 heteroatoms. The van der Waals surface area contributed by atoms with Crippen molar-refractivity contribution in [3.05, 3.63) is 65.1 Å². The topological polar surface area (TPSA) is 51.8 Å². The van der Waals surface area contributed by atoms with Gasteiger partial charge in [0.05, 0.1) is 0 Å². The van der Waals surface area contributed by atoms with Crippen molar-refractivity contribution in [3.8, 4) is 0 Å². The van der Waals surface area contributed by atoms with Crippen LogP contribution in [0.4, 0.5) is 5.82 Å². The third kappa shape index (κ3) is 2.51. The third-order valence-electron chi connectivity index (χ3n) is 2.99. The molecule has 0 unspecified atom stereocenters. The van der Waals surface area contributed by atoms with Gasteiger partial charge in [-0.2, -0.15) is 0 Å². The molecule has 0 radical (unpaired) electrons. The first-order valence-corrected chi connectivity index (χ1v) is 6.34. The molecule has 2 N–H and O–H groups in total. The Balaban J connectivity index is 2.02. The summed E-state index contributed by atoms with van der Waals surface area (Å²) in [5, 5.41) is 2.67. The van der Waals surface area contributed by atoms with E-state index in [2.05, 4.69) is 9.97 Å². The molecular weight excluding hydrogens is 258 g/mol. The van der Waals surface area contributed by atoms with E-state index in [-0.39, 0.29) is 0 Å². The van der Waals surface area contributed by atoms with E-state index in [1.54, 1.807) is 12.4 Å². The number of nitrogens with zero attached hydrogens (tertiary/aromatic N) is 2. The lowest BCUT2D eigenvalue weighted by molar-refractivity contribution is 1.09. The molecule has 0 aliphatic rings. The van der Waals surface area contributed by atoms with Crippen molar-refractivity contribution in [2.75, 3.05) is 5.73 Å². The van der Waals surface area contributed by atoms with E-state index in [9.17, 15) is 0 Å². The summed E-state index contributed by atoms with van der Waals surface area (Å²) < 4.78 is 0. The van der Waals surface area contributed by atoms with Gasteiger partial charge in [0.25, 0.3) is 0 Å². The highest BCUT2D eigenvalue weighted by molar-refractivity contribution is 6.30. The Labute approximate surface area is 116 Å². The summed E-state index contributed by atoms with van der Waals surface area (Å²) in [6.45, 7) is 0. The Kier molecular flexibility index (Phi) is 3.05. The average Bonchev–Trinajstić information content (AvgIpc) is 2.39. The van der Waals surface area contributed by atoms with Gasteiger partial charge in [0.1, 0.15) is 5.82 Å². The number of rotatable bonds is 2. The number of nitrogens with two attached hydrogens (primary N) is 1.